The average Bonchev–Trinajstić information content (AvgIpc) is 3.91. The number of benzene rings is 13. The Morgan fingerprint density at radius 1 is 0.231 bits per heavy atom. The van der Waals surface area contributed by atoms with Crippen LogP contribution in [-0.4, -0.2) is 4.57 Å². The molecule has 0 aliphatic carbocycles. The third-order valence-electron chi connectivity index (χ3n) is 15.4. The summed E-state index contributed by atoms with van der Waals surface area (Å²) in [6.07, 6.45) is 0. The van der Waals surface area contributed by atoms with Crippen molar-refractivity contribution in [2.45, 2.75) is 0 Å². The van der Waals surface area contributed by atoms with Gasteiger partial charge in [0.2, 0.25) is 0 Å². The minimum absolute atomic E-state index is 1.07. The van der Waals surface area contributed by atoms with E-state index in [1.165, 1.54) is 88.2 Å². The first kappa shape index (κ1) is 46.3. The van der Waals surface area contributed by atoms with Gasteiger partial charge in [-0.25, -0.2) is 0 Å². The summed E-state index contributed by atoms with van der Waals surface area (Å²) in [5, 5.41) is 5.00. The van der Waals surface area contributed by atoms with Gasteiger partial charge in [-0.1, -0.05) is 237 Å². The Hall–Kier alpha value is -10.3. The molecule has 0 aliphatic heterocycles. The van der Waals surface area contributed by atoms with Crippen molar-refractivity contribution in [1.82, 2.24) is 4.57 Å². The predicted molar refractivity (Wildman–Crippen MR) is 331 cm³/mol. The smallest absolute Gasteiger partial charge is 0.0547 e. The van der Waals surface area contributed by atoms with Crippen LogP contribution in [0.5, 0.6) is 0 Å². The topological polar surface area (TPSA) is 8.17 Å². The third kappa shape index (κ3) is 8.62. The van der Waals surface area contributed by atoms with E-state index in [0.29, 0.717) is 0 Å². The van der Waals surface area contributed by atoms with Crippen LogP contribution in [0, 0.1) is 0 Å². The molecule has 0 radical (unpaired) electrons. The van der Waals surface area contributed by atoms with Crippen molar-refractivity contribution in [2.24, 2.45) is 0 Å². The maximum absolute atomic E-state index is 2.42. The van der Waals surface area contributed by atoms with Crippen LogP contribution in [-0.2, 0) is 0 Å². The summed E-state index contributed by atoms with van der Waals surface area (Å²) in [6, 6.07) is 115. The van der Waals surface area contributed by atoms with Crippen LogP contribution in [0.1, 0.15) is 0 Å². The Morgan fingerprint density at radius 2 is 0.628 bits per heavy atom. The second kappa shape index (κ2) is 20.1. The summed E-state index contributed by atoms with van der Waals surface area (Å²) in [6.45, 7) is 0. The molecule has 0 spiro atoms. The number of rotatable bonds is 11. The lowest BCUT2D eigenvalue weighted by Gasteiger charge is -2.28. The monoisotopic (exact) mass is 992 g/mol. The number of aromatic nitrogens is 1. The zero-order valence-corrected chi connectivity index (χ0v) is 42.9. The Morgan fingerprint density at radius 3 is 1.28 bits per heavy atom. The summed E-state index contributed by atoms with van der Waals surface area (Å²) < 4.78 is 2.39. The fourth-order valence-corrected chi connectivity index (χ4v) is 11.6. The Labute approximate surface area is 455 Å². The quantitative estimate of drug-likeness (QED) is 0.125. The lowest BCUT2D eigenvalue weighted by Crippen LogP contribution is -2.11. The first-order valence-electron chi connectivity index (χ1n) is 26.8. The molecule has 2 heteroatoms. The van der Waals surface area contributed by atoms with E-state index in [1.807, 2.05) is 0 Å². The van der Waals surface area contributed by atoms with Crippen molar-refractivity contribution in [3.05, 3.63) is 315 Å². The number of hydrogen-bond donors (Lipinski definition) is 0. The van der Waals surface area contributed by atoms with Gasteiger partial charge in [-0.15, -0.1) is 0 Å². The van der Waals surface area contributed by atoms with Gasteiger partial charge in [0.05, 0.1) is 16.7 Å². The molecule has 0 aliphatic rings. The van der Waals surface area contributed by atoms with Crippen LogP contribution >= 0.6 is 0 Å². The van der Waals surface area contributed by atoms with Crippen LogP contribution in [0.25, 0.3) is 116 Å². The fourth-order valence-electron chi connectivity index (χ4n) is 11.6. The van der Waals surface area contributed by atoms with Crippen molar-refractivity contribution in [2.75, 3.05) is 4.90 Å². The average molecular weight is 993 g/mol. The van der Waals surface area contributed by atoms with Crippen LogP contribution in [0.3, 0.4) is 0 Å². The van der Waals surface area contributed by atoms with Gasteiger partial charge in [-0.05, 0) is 162 Å². The molecule has 78 heavy (non-hydrogen) atoms. The second-order valence-corrected chi connectivity index (χ2v) is 20.1. The van der Waals surface area contributed by atoms with Crippen LogP contribution < -0.4 is 4.90 Å². The Bertz CT molecular complexity index is 4380. The van der Waals surface area contributed by atoms with Crippen LogP contribution in [0.15, 0.2) is 315 Å². The van der Waals surface area contributed by atoms with Gasteiger partial charge in [-0.3, -0.25) is 0 Å². The highest BCUT2D eigenvalue weighted by Gasteiger charge is 2.21. The van der Waals surface area contributed by atoms with E-state index in [2.05, 4.69) is 325 Å². The molecule has 0 N–H and O–H groups in total. The highest BCUT2D eigenvalue weighted by atomic mass is 15.1. The van der Waals surface area contributed by atoms with Gasteiger partial charge in [-0.2, -0.15) is 0 Å². The molecule has 0 unspecified atom stereocenters. The van der Waals surface area contributed by atoms with E-state index in [-0.39, 0.29) is 0 Å². The molecule has 13 aromatic carbocycles. The molecular formula is C76H52N2. The van der Waals surface area contributed by atoms with E-state index >= 15 is 0 Å². The lowest BCUT2D eigenvalue weighted by molar-refractivity contribution is 1.18. The minimum Gasteiger partial charge on any atom is -0.310 e. The SMILES string of the molecule is c1ccc(-c2cc(-c3ccccc3)cc(-c3ccc(N(c4ccc(-c5ccc(-c6cccc7ccccc67)cc5)cc4)c4ccccc4-c4cccc(-c5cccc6c5c5ccccc5n6-c5ccccc5)c4)cc3)c2)cc1. The van der Waals surface area contributed by atoms with Crippen molar-refractivity contribution in [1.29, 1.82) is 0 Å². The van der Waals surface area contributed by atoms with E-state index in [9.17, 15) is 0 Å². The molecule has 0 saturated heterocycles. The summed E-state index contributed by atoms with van der Waals surface area (Å²) in [7, 11) is 0. The second-order valence-electron chi connectivity index (χ2n) is 20.1. The molecule has 2 nitrogen and oxygen atoms in total. The summed E-state index contributed by atoms with van der Waals surface area (Å²) >= 11 is 0. The van der Waals surface area contributed by atoms with Gasteiger partial charge >= 0.3 is 0 Å². The number of nitrogens with zero attached hydrogens (tertiary/aromatic N) is 2. The highest BCUT2D eigenvalue weighted by molar-refractivity contribution is 6.16. The van der Waals surface area contributed by atoms with E-state index in [1.54, 1.807) is 0 Å². The van der Waals surface area contributed by atoms with Crippen molar-refractivity contribution < 1.29 is 0 Å². The molecule has 0 amide bonds. The molecule has 0 fully saturated rings. The summed E-state index contributed by atoms with van der Waals surface area (Å²) in [5.41, 5.74) is 23.3. The number of fused-ring (bicyclic) bond motifs is 4. The molecule has 1 aromatic heterocycles. The number of hydrogen-bond acceptors (Lipinski definition) is 1. The van der Waals surface area contributed by atoms with Crippen molar-refractivity contribution >= 4 is 49.6 Å². The minimum atomic E-state index is 1.07. The zero-order chi connectivity index (χ0) is 51.8. The van der Waals surface area contributed by atoms with Gasteiger partial charge in [0.1, 0.15) is 0 Å². The van der Waals surface area contributed by atoms with E-state index in [0.717, 1.165) is 45.0 Å². The number of para-hydroxylation sites is 3. The van der Waals surface area contributed by atoms with Gasteiger partial charge in [0.15, 0.2) is 0 Å². The lowest BCUT2D eigenvalue weighted by atomic mass is 9.93. The zero-order valence-electron chi connectivity index (χ0n) is 42.9. The Kier molecular flexibility index (Phi) is 11.9. The highest BCUT2D eigenvalue weighted by Crippen LogP contribution is 2.45. The molecule has 0 atom stereocenters. The summed E-state index contributed by atoms with van der Waals surface area (Å²) in [5.74, 6) is 0. The van der Waals surface area contributed by atoms with Gasteiger partial charge < -0.3 is 9.47 Å². The van der Waals surface area contributed by atoms with Crippen LogP contribution in [0.2, 0.25) is 0 Å². The van der Waals surface area contributed by atoms with Crippen LogP contribution in [0.4, 0.5) is 17.1 Å². The maximum atomic E-state index is 2.42. The molecule has 366 valence electrons. The fraction of sp³-hybridized carbons (Fsp3) is 0. The predicted octanol–water partition coefficient (Wildman–Crippen LogP) is 21.1. The summed E-state index contributed by atoms with van der Waals surface area (Å²) in [4.78, 5) is 2.42. The largest absolute Gasteiger partial charge is 0.310 e. The molecular weight excluding hydrogens is 941 g/mol. The van der Waals surface area contributed by atoms with Crippen molar-refractivity contribution in [3.8, 4) is 83.6 Å². The van der Waals surface area contributed by atoms with E-state index in [4.69, 9.17) is 0 Å². The third-order valence-corrected chi connectivity index (χ3v) is 15.4. The maximum Gasteiger partial charge on any atom is 0.0547 e. The van der Waals surface area contributed by atoms with Gasteiger partial charge in [0.25, 0.3) is 0 Å². The standard InChI is InChI=1S/C76H52N2/c1-4-19-53(20-5-1)62-50-63(54-21-6-2-7-22-54)52-64(51-62)57-43-47-67(48-44-57)77(66-45-41-56(42-46-66)55-37-39-59(40-38-55)69-32-17-24-58-23-10-11-29-68(58)69)73-34-14-12-30-70(73)60-25-16-26-61(49-60)71-33-18-36-75-76(71)72-31-13-15-35-74(72)78(75)65-27-8-3-9-28-65/h1-52H. The molecule has 14 aromatic rings. The molecule has 0 saturated carbocycles. The normalized spacial score (nSPS) is 11.3. The van der Waals surface area contributed by atoms with E-state index < -0.39 is 0 Å². The Balaban J connectivity index is 0.876. The molecule has 1 heterocycles. The molecule has 0 bridgehead atoms. The number of anilines is 3. The van der Waals surface area contributed by atoms with Crippen molar-refractivity contribution in [3.63, 3.8) is 0 Å². The molecule has 14 rings (SSSR count). The first-order chi connectivity index (χ1) is 38.7. The first-order valence-corrected chi connectivity index (χ1v) is 26.8. The van der Waals surface area contributed by atoms with Gasteiger partial charge in [0, 0.05) is 33.4 Å².